The molecule has 1 atom stereocenters. The zero-order valence-corrected chi connectivity index (χ0v) is 18.1. The number of carbonyl (C=O) groups excluding carboxylic acids is 2. The van der Waals surface area contributed by atoms with Gasteiger partial charge in [0.2, 0.25) is 5.91 Å². The van der Waals surface area contributed by atoms with Gasteiger partial charge in [-0.1, -0.05) is 30.3 Å². The molecule has 2 aromatic rings. The van der Waals surface area contributed by atoms with Crippen LogP contribution in [-0.4, -0.2) is 47.8 Å². The van der Waals surface area contributed by atoms with Crippen LogP contribution in [0.1, 0.15) is 16.7 Å². The van der Waals surface area contributed by atoms with Gasteiger partial charge in [0, 0.05) is 5.69 Å². The van der Waals surface area contributed by atoms with E-state index in [1.807, 2.05) is 32.0 Å². The normalized spacial score (nSPS) is 12.0. The summed E-state index contributed by atoms with van der Waals surface area (Å²) in [5.41, 5.74) is 2.88. The van der Waals surface area contributed by atoms with E-state index in [9.17, 15) is 32.8 Å². The smallest absolute Gasteiger partial charge is 0.426 e. The Labute approximate surface area is 189 Å². The lowest BCUT2D eigenvalue weighted by molar-refractivity contribution is -0.274. The second-order valence-corrected chi connectivity index (χ2v) is 7.39. The molecule has 0 fully saturated rings. The van der Waals surface area contributed by atoms with Gasteiger partial charge in [-0.15, -0.1) is 13.2 Å². The molecule has 176 valence electrons. The Morgan fingerprint density at radius 2 is 1.82 bits per heavy atom. The summed E-state index contributed by atoms with van der Waals surface area (Å²) in [5.74, 6) is -2.92. The highest BCUT2D eigenvalue weighted by Crippen LogP contribution is 2.25. The van der Waals surface area contributed by atoms with Crippen LogP contribution < -0.4 is 15.0 Å². The molecule has 0 aliphatic carbocycles. The van der Waals surface area contributed by atoms with Gasteiger partial charge in [0.1, 0.15) is 12.3 Å². The molecule has 7 nitrogen and oxygen atoms in total. The second-order valence-electron chi connectivity index (χ2n) is 7.39. The lowest BCUT2D eigenvalue weighted by Gasteiger charge is -2.24. The Balaban J connectivity index is 2.14. The maximum atomic E-state index is 12.6. The number of anilines is 1. The molecule has 0 saturated heterocycles. The fourth-order valence-corrected chi connectivity index (χ4v) is 3.17. The Morgan fingerprint density at radius 3 is 2.33 bits per heavy atom. The lowest BCUT2D eigenvalue weighted by atomic mass is 9.75. The van der Waals surface area contributed by atoms with Gasteiger partial charge < -0.3 is 20.1 Å². The van der Waals surface area contributed by atoms with Gasteiger partial charge in [-0.2, -0.15) is 0 Å². The zero-order valence-electron chi connectivity index (χ0n) is 18.1. The molecule has 33 heavy (non-hydrogen) atoms. The van der Waals surface area contributed by atoms with Crippen LogP contribution in [0.5, 0.6) is 5.75 Å². The van der Waals surface area contributed by atoms with E-state index in [1.54, 1.807) is 0 Å². The standard InChI is InChI=1S/C22H24BF3N2O5/c1-4-21(30)28(17-7-9-18(10-8-17)33-22(24,25)26)13-20(29)27-19(23(31)32)12-16-6-5-14(2)11-15(16)3/h4-11,19,31-32H,1,12-13H2,2-3H3,(H,27,29)/t19-/m0/s1. The quantitative estimate of drug-likeness (QED) is 0.391. The molecule has 0 aromatic heterocycles. The van der Waals surface area contributed by atoms with Crippen LogP contribution in [0.2, 0.25) is 0 Å². The molecular weight excluding hydrogens is 440 g/mol. The summed E-state index contributed by atoms with van der Waals surface area (Å²) in [5, 5.41) is 22.0. The molecule has 0 unspecified atom stereocenters. The molecule has 0 saturated carbocycles. The van der Waals surface area contributed by atoms with E-state index in [1.165, 1.54) is 12.1 Å². The minimum atomic E-state index is -4.87. The van der Waals surface area contributed by atoms with Gasteiger partial charge in [-0.05, 0) is 61.7 Å². The van der Waals surface area contributed by atoms with Crippen LogP contribution >= 0.6 is 0 Å². The number of aryl methyl sites for hydroxylation is 2. The van der Waals surface area contributed by atoms with Crippen LogP contribution in [0, 0.1) is 13.8 Å². The summed E-state index contributed by atoms with van der Waals surface area (Å²) in [6.45, 7) is 6.62. The van der Waals surface area contributed by atoms with Gasteiger partial charge in [0.25, 0.3) is 5.91 Å². The number of nitrogens with zero attached hydrogens (tertiary/aromatic N) is 1. The van der Waals surface area contributed by atoms with Crippen molar-refractivity contribution in [3.8, 4) is 5.75 Å². The van der Waals surface area contributed by atoms with E-state index in [0.29, 0.717) is 0 Å². The maximum Gasteiger partial charge on any atom is 0.573 e. The van der Waals surface area contributed by atoms with E-state index < -0.39 is 43.5 Å². The fourth-order valence-electron chi connectivity index (χ4n) is 3.17. The topological polar surface area (TPSA) is 99.1 Å². The van der Waals surface area contributed by atoms with Crippen molar-refractivity contribution in [3.05, 3.63) is 71.8 Å². The van der Waals surface area contributed by atoms with E-state index >= 15 is 0 Å². The van der Waals surface area contributed by atoms with Crippen molar-refractivity contribution in [2.75, 3.05) is 11.4 Å². The number of rotatable bonds is 9. The average Bonchev–Trinajstić information content (AvgIpc) is 2.72. The predicted octanol–water partition coefficient (Wildman–Crippen LogP) is 2.46. The monoisotopic (exact) mass is 464 g/mol. The summed E-state index contributed by atoms with van der Waals surface area (Å²) in [4.78, 5) is 25.9. The number of hydrogen-bond acceptors (Lipinski definition) is 5. The first-order valence-corrected chi connectivity index (χ1v) is 9.91. The second kappa shape index (κ2) is 11.0. The summed E-state index contributed by atoms with van der Waals surface area (Å²) in [6.07, 6.45) is -3.79. The third-order valence-electron chi connectivity index (χ3n) is 4.77. The van der Waals surface area contributed by atoms with E-state index in [4.69, 9.17) is 0 Å². The molecule has 2 aromatic carbocycles. The van der Waals surface area contributed by atoms with Gasteiger partial charge in [-0.25, -0.2) is 0 Å². The van der Waals surface area contributed by atoms with Crippen molar-refractivity contribution in [1.82, 2.24) is 5.32 Å². The number of hydrogen-bond donors (Lipinski definition) is 3. The first-order chi connectivity index (χ1) is 15.4. The fraction of sp³-hybridized carbons (Fsp3) is 0.273. The Kier molecular flexibility index (Phi) is 8.66. The summed E-state index contributed by atoms with van der Waals surface area (Å²) in [6, 6.07) is 9.99. The number of alkyl halides is 3. The molecule has 0 aliphatic heterocycles. The highest BCUT2D eigenvalue weighted by atomic mass is 19.4. The van der Waals surface area contributed by atoms with E-state index in [2.05, 4.69) is 16.6 Å². The Morgan fingerprint density at radius 1 is 1.18 bits per heavy atom. The molecule has 0 spiro atoms. The number of halogens is 3. The third-order valence-corrected chi connectivity index (χ3v) is 4.77. The summed E-state index contributed by atoms with van der Waals surface area (Å²) >= 11 is 0. The molecule has 0 heterocycles. The predicted molar refractivity (Wildman–Crippen MR) is 117 cm³/mol. The summed E-state index contributed by atoms with van der Waals surface area (Å²) in [7, 11) is -1.86. The van der Waals surface area contributed by atoms with Crippen molar-refractivity contribution in [2.24, 2.45) is 0 Å². The number of ether oxygens (including phenoxy) is 1. The van der Waals surface area contributed by atoms with Crippen LogP contribution in [0.4, 0.5) is 18.9 Å². The number of benzene rings is 2. The van der Waals surface area contributed by atoms with Crippen molar-refractivity contribution in [2.45, 2.75) is 32.6 Å². The van der Waals surface area contributed by atoms with Gasteiger partial charge in [0.05, 0.1) is 5.94 Å². The van der Waals surface area contributed by atoms with Crippen LogP contribution in [0.15, 0.2) is 55.1 Å². The molecule has 2 amide bonds. The molecule has 2 rings (SSSR count). The first-order valence-electron chi connectivity index (χ1n) is 9.91. The third kappa shape index (κ3) is 7.96. The zero-order chi connectivity index (χ0) is 24.8. The summed E-state index contributed by atoms with van der Waals surface area (Å²) < 4.78 is 40.8. The Bertz CT molecular complexity index is 997. The SMILES string of the molecule is C=CC(=O)N(CC(=O)N[C@@H](Cc1ccc(C)cc1C)B(O)O)c1ccc(OC(F)(F)F)cc1. The van der Waals surface area contributed by atoms with Crippen molar-refractivity contribution >= 4 is 24.6 Å². The largest absolute Gasteiger partial charge is 0.573 e. The number of amides is 2. The van der Waals surface area contributed by atoms with E-state index in [-0.39, 0.29) is 12.1 Å². The average molecular weight is 464 g/mol. The van der Waals surface area contributed by atoms with Crippen molar-refractivity contribution in [3.63, 3.8) is 0 Å². The first kappa shape index (κ1) is 26.0. The van der Waals surface area contributed by atoms with Crippen LogP contribution in [0.3, 0.4) is 0 Å². The number of carbonyl (C=O) groups is 2. The highest BCUT2D eigenvalue weighted by molar-refractivity contribution is 6.43. The van der Waals surface area contributed by atoms with E-state index in [0.717, 1.165) is 39.8 Å². The molecule has 0 aliphatic rings. The molecule has 0 bridgehead atoms. The van der Waals surface area contributed by atoms with Gasteiger partial charge in [0.15, 0.2) is 0 Å². The minimum absolute atomic E-state index is 0.125. The molecular formula is C22H24BF3N2O5. The maximum absolute atomic E-state index is 12.6. The molecule has 3 N–H and O–H groups in total. The van der Waals surface area contributed by atoms with Gasteiger partial charge >= 0.3 is 13.5 Å². The highest BCUT2D eigenvalue weighted by Gasteiger charge is 2.31. The minimum Gasteiger partial charge on any atom is -0.426 e. The molecule has 0 radical (unpaired) electrons. The molecule has 11 heteroatoms. The Hall–Kier alpha value is -3.31. The van der Waals surface area contributed by atoms with Crippen molar-refractivity contribution < 1.29 is 37.5 Å². The van der Waals surface area contributed by atoms with Crippen LogP contribution in [-0.2, 0) is 16.0 Å². The van der Waals surface area contributed by atoms with Gasteiger partial charge in [-0.3, -0.25) is 14.5 Å². The van der Waals surface area contributed by atoms with Crippen LogP contribution in [0.25, 0.3) is 0 Å². The lowest BCUT2D eigenvalue weighted by Crippen LogP contribution is -2.51. The number of nitrogens with one attached hydrogen (secondary N) is 1. The van der Waals surface area contributed by atoms with Crippen molar-refractivity contribution in [1.29, 1.82) is 0 Å².